The zero-order valence-corrected chi connectivity index (χ0v) is 13.2. The van der Waals surface area contributed by atoms with Gasteiger partial charge in [-0.05, 0) is 56.3 Å². The first kappa shape index (κ1) is 16.5. The molecule has 1 aromatic rings. The van der Waals surface area contributed by atoms with Gasteiger partial charge in [0.1, 0.15) is 0 Å². The zero-order chi connectivity index (χ0) is 12.8. The number of unbranched alkanes of at least 4 members (excludes halogenated alkanes) is 1. The summed E-state index contributed by atoms with van der Waals surface area (Å²) in [6.07, 6.45) is 7.88. The van der Waals surface area contributed by atoms with Crippen molar-refractivity contribution in [2.24, 2.45) is 0 Å². The summed E-state index contributed by atoms with van der Waals surface area (Å²) in [6, 6.07) is 9.76. The van der Waals surface area contributed by atoms with Gasteiger partial charge >= 0.3 is 0 Å². The van der Waals surface area contributed by atoms with Crippen molar-refractivity contribution < 1.29 is 0 Å². The Morgan fingerprint density at radius 2 is 1.89 bits per heavy atom. The van der Waals surface area contributed by atoms with Crippen molar-refractivity contribution in [3.63, 3.8) is 0 Å². The standard InChI is InChI=1S/C17H27N.ClH/c1-3-5-14-18(13-4-2)17-12-8-10-15-9-6-7-11-16(15)17;/h6-7,9,11,17H,3-5,8,10,12-14H2,1-2H3;1H. The second-order valence-corrected chi connectivity index (χ2v) is 5.50. The third-order valence-corrected chi connectivity index (χ3v) is 4.09. The van der Waals surface area contributed by atoms with E-state index in [9.17, 15) is 0 Å². The summed E-state index contributed by atoms with van der Waals surface area (Å²) in [6.45, 7) is 7.11. The van der Waals surface area contributed by atoms with Crippen LogP contribution in [0.3, 0.4) is 0 Å². The Kier molecular flexibility index (Phi) is 7.48. The Morgan fingerprint density at radius 3 is 2.63 bits per heavy atom. The lowest BCUT2D eigenvalue weighted by Gasteiger charge is -2.36. The zero-order valence-electron chi connectivity index (χ0n) is 12.4. The summed E-state index contributed by atoms with van der Waals surface area (Å²) in [5.41, 5.74) is 3.19. The third-order valence-electron chi connectivity index (χ3n) is 4.09. The Labute approximate surface area is 124 Å². The first-order valence-corrected chi connectivity index (χ1v) is 7.68. The molecule has 1 unspecified atom stereocenters. The van der Waals surface area contributed by atoms with E-state index in [1.807, 2.05) is 0 Å². The lowest BCUT2D eigenvalue weighted by Crippen LogP contribution is -2.32. The summed E-state index contributed by atoms with van der Waals surface area (Å²) in [5.74, 6) is 0. The summed E-state index contributed by atoms with van der Waals surface area (Å²) in [4.78, 5) is 2.72. The van der Waals surface area contributed by atoms with E-state index >= 15 is 0 Å². The van der Waals surface area contributed by atoms with E-state index in [-0.39, 0.29) is 12.4 Å². The van der Waals surface area contributed by atoms with E-state index in [0.717, 1.165) is 0 Å². The summed E-state index contributed by atoms with van der Waals surface area (Å²) in [5, 5.41) is 0. The smallest absolute Gasteiger partial charge is 0.0350 e. The van der Waals surface area contributed by atoms with Crippen LogP contribution in [0, 0.1) is 0 Å². The number of benzene rings is 1. The number of nitrogens with zero attached hydrogens (tertiary/aromatic N) is 1. The quantitative estimate of drug-likeness (QED) is 0.709. The van der Waals surface area contributed by atoms with Gasteiger partial charge in [0.2, 0.25) is 0 Å². The monoisotopic (exact) mass is 281 g/mol. The lowest BCUT2D eigenvalue weighted by molar-refractivity contribution is 0.176. The fourth-order valence-electron chi connectivity index (χ4n) is 3.18. The molecule has 1 aliphatic carbocycles. The molecule has 1 atom stereocenters. The van der Waals surface area contributed by atoms with Gasteiger partial charge in [-0.3, -0.25) is 4.90 Å². The number of hydrogen-bond acceptors (Lipinski definition) is 1. The van der Waals surface area contributed by atoms with E-state index in [2.05, 4.69) is 43.0 Å². The summed E-state index contributed by atoms with van der Waals surface area (Å²) < 4.78 is 0. The van der Waals surface area contributed by atoms with Gasteiger partial charge in [-0.1, -0.05) is 44.5 Å². The molecule has 2 heteroatoms. The van der Waals surface area contributed by atoms with Gasteiger partial charge in [0.25, 0.3) is 0 Å². The molecule has 0 amide bonds. The van der Waals surface area contributed by atoms with Gasteiger partial charge < -0.3 is 0 Å². The minimum absolute atomic E-state index is 0. The van der Waals surface area contributed by atoms with Gasteiger partial charge in [0.05, 0.1) is 0 Å². The van der Waals surface area contributed by atoms with E-state index in [1.165, 1.54) is 51.6 Å². The molecule has 1 nitrogen and oxygen atoms in total. The maximum atomic E-state index is 2.72. The highest BCUT2D eigenvalue weighted by Gasteiger charge is 2.24. The van der Waals surface area contributed by atoms with Crippen LogP contribution in [0.25, 0.3) is 0 Å². The van der Waals surface area contributed by atoms with Crippen molar-refractivity contribution in [1.82, 2.24) is 4.90 Å². The summed E-state index contributed by atoms with van der Waals surface area (Å²) in [7, 11) is 0. The SMILES string of the molecule is CCCCN(CCC)C1CCCc2ccccc21.Cl. The fraction of sp³-hybridized carbons (Fsp3) is 0.647. The minimum atomic E-state index is 0. The molecule has 1 aliphatic rings. The Hall–Kier alpha value is -0.530. The fourth-order valence-corrected chi connectivity index (χ4v) is 3.18. The maximum Gasteiger partial charge on any atom is 0.0350 e. The molecule has 0 saturated carbocycles. The molecule has 0 radical (unpaired) electrons. The Balaban J connectivity index is 0.00000180. The highest BCUT2D eigenvalue weighted by molar-refractivity contribution is 5.85. The molecule has 0 spiro atoms. The number of hydrogen-bond donors (Lipinski definition) is 0. The van der Waals surface area contributed by atoms with E-state index < -0.39 is 0 Å². The predicted octanol–water partition coefficient (Wildman–Crippen LogP) is 5.00. The van der Waals surface area contributed by atoms with Crippen molar-refractivity contribution >= 4 is 12.4 Å². The largest absolute Gasteiger partial charge is 0.296 e. The molecular weight excluding hydrogens is 254 g/mol. The van der Waals surface area contributed by atoms with E-state index in [0.29, 0.717) is 6.04 Å². The van der Waals surface area contributed by atoms with E-state index in [1.54, 1.807) is 11.1 Å². The van der Waals surface area contributed by atoms with Crippen LogP contribution in [-0.4, -0.2) is 18.0 Å². The Bertz CT molecular complexity index is 364. The van der Waals surface area contributed by atoms with Crippen molar-refractivity contribution in [1.29, 1.82) is 0 Å². The van der Waals surface area contributed by atoms with Crippen LogP contribution >= 0.6 is 12.4 Å². The van der Waals surface area contributed by atoms with Gasteiger partial charge in [-0.15, -0.1) is 12.4 Å². The average molecular weight is 282 g/mol. The molecule has 0 aromatic heterocycles. The molecule has 0 fully saturated rings. The molecule has 0 saturated heterocycles. The normalized spacial score (nSPS) is 17.9. The van der Waals surface area contributed by atoms with Crippen LogP contribution in [0.2, 0.25) is 0 Å². The number of rotatable bonds is 6. The second-order valence-electron chi connectivity index (χ2n) is 5.50. The molecule has 2 rings (SSSR count). The van der Waals surface area contributed by atoms with Gasteiger partial charge in [0.15, 0.2) is 0 Å². The van der Waals surface area contributed by atoms with Crippen LogP contribution < -0.4 is 0 Å². The molecule has 1 aromatic carbocycles. The topological polar surface area (TPSA) is 3.24 Å². The molecule has 0 bridgehead atoms. The van der Waals surface area contributed by atoms with Crippen molar-refractivity contribution in [2.75, 3.05) is 13.1 Å². The van der Waals surface area contributed by atoms with Crippen LogP contribution in [-0.2, 0) is 6.42 Å². The highest BCUT2D eigenvalue weighted by Crippen LogP contribution is 2.34. The average Bonchev–Trinajstić information content (AvgIpc) is 2.43. The van der Waals surface area contributed by atoms with Gasteiger partial charge in [-0.25, -0.2) is 0 Å². The lowest BCUT2D eigenvalue weighted by atomic mass is 9.86. The number of aryl methyl sites for hydroxylation is 1. The predicted molar refractivity (Wildman–Crippen MR) is 86.1 cm³/mol. The molecule has 0 N–H and O–H groups in total. The molecule has 0 aliphatic heterocycles. The van der Waals surface area contributed by atoms with Crippen LogP contribution in [0.5, 0.6) is 0 Å². The van der Waals surface area contributed by atoms with Crippen LogP contribution in [0.4, 0.5) is 0 Å². The number of fused-ring (bicyclic) bond motifs is 1. The minimum Gasteiger partial charge on any atom is -0.296 e. The maximum absolute atomic E-state index is 2.72. The summed E-state index contributed by atoms with van der Waals surface area (Å²) >= 11 is 0. The molecule has 108 valence electrons. The number of halogens is 1. The Morgan fingerprint density at radius 1 is 1.11 bits per heavy atom. The van der Waals surface area contributed by atoms with Gasteiger partial charge in [0, 0.05) is 6.04 Å². The molecule has 0 heterocycles. The van der Waals surface area contributed by atoms with Crippen molar-refractivity contribution in [2.45, 2.75) is 58.4 Å². The first-order chi connectivity index (χ1) is 8.86. The van der Waals surface area contributed by atoms with E-state index in [4.69, 9.17) is 0 Å². The van der Waals surface area contributed by atoms with Crippen LogP contribution in [0.1, 0.15) is 63.1 Å². The highest BCUT2D eigenvalue weighted by atomic mass is 35.5. The molecule has 19 heavy (non-hydrogen) atoms. The second kappa shape index (κ2) is 8.60. The first-order valence-electron chi connectivity index (χ1n) is 7.68. The third kappa shape index (κ3) is 4.22. The van der Waals surface area contributed by atoms with Gasteiger partial charge in [-0.2, -0.15) is 0 Å². The van der Waals surface area contributed by atoms with Crippen LogP contribution in [0.15, 0.2) is 24.3 Å². The van der Waals surface area contributed by atoms with Crippen molar-refractivity contribution in [3.8, 4) is 0 Å². The van der Waals surface area contributed by atoms with Crippen molar-refractivity contribution in [3.05, 3.63) is 35.4 Å². The molecular formula is C17H28ClN.